The predicted molar refractivity (Wildman–Crippen MR) is 108 cm³/mol. The Balaban J connectivity index is 2.27. The molecule has 0 aliphatic heterocycles. The molecule has 0 radical (unpaired) electrons. The van der Waals surface area contributed by atoms with E-state index in [1.54, 1.807) is 11.5 Å². The van der Waals surface area contributed by atoms with Crippen LogP contribution in [-0.2, 0) is 11.3 Å². The smallest absolute Gasteiger partial charge is 0.343 e. The second-order valence-electron chi connectivity index (χ2n) is 6.87. The van der Waals surface area contributed by atoms with Gasteiger partial charge >= 0.3 is 5.97 Å². The van der Waals surface area contributed by atoms with E-state index in [4.69, 9.17) is 4.74 Å². The zero-order chi connectivity index (χ0) is 21.1. The lowest BCUT2D eigenvalue weighted by atomic mass is 10.1. The Hall–Kier alpha value is -3.22. The Labute approximate surface area is 166 Å². The van der Waals surface area contributed by atoms with Crippen LogP contribution < -0.4 is 10.7 Å². The fourth-order valence-corrected chi connectivity index (χ4v) is 3.18. The van der Waals surface area contributed by atoms with Crippen LogP contribution in [0.4, 0.5) is 14.5 Å². The SMILES string of the molecule is CCOC(=O)c1cn(C(C)C)c2cc(F)c(F)c(NCc3ccccc3)c2c1=O. The van der Waals surface area contributed by atoms with E-state index >= 15 is 0 Å². The third kappa shape index (κ3) is 3.99. The molecule has 0 amide bonds. The standard InChI is InChI=1S/C22H22F2N2O3/c1-4-29-22(28)15-12-26(13(2)3)17-10-16(23)19(24)20(18(17)21(15)27)25-11-14-8-6-5-7-9-14/h5-10,12-13,25H,4,11H2,1-3H3. The number of halogens is 2. The molecule has 3 rings (SSSR count). The molecule has 0 saturated heterocycles. The number of hydrogen-bond donors (Lipinski definition) is 1. The minimum absolute atomic E-state index is 0.0842. The summed E-state index contributed by atoms with van der Waals surface area (Å²) in [6, 6.07) is 9.90. The summed E-state index contributed by atoms with van der Waals surface area (Å²) in [5, 5.41) is 2.75. The average molecular weight is 400 g/mol. The van der Waals surface area contributed by atoms with Crippen molar-refractivity contribution >= 4 is 22.6 Å². The molecule has 1 N–H and O–H groups in total. The molecule has 0 bridgehead atoms. The van der Waals surface area contributed by atoms with Gasteiger partial charge in [-0.05, 0) is 26.3 Å². The summed E-state index contributed by atoms with van der Waals surface area (Å²) >= 11 is 0. The Bertz CT molecular complexity index is 1110. The molecule has 0 fully saturated rings. The van der Waals surface area contributed by atoms with Crippen molar-refractivity contribution in [3.63, 3.8) is 0 Å². The topological polar surface area (TPSA) is 60.3 Å². The van der Waals surface area contributed by atoms with Crippen molar-refractivity contribution in [1.82, 2.24) is 4.57 Å². The van der Waals surface area contributed by atoms with Gasteiger partial charge in [-0.3, -0.25) is 4.79 Å². The van der Waals surface area contributed by atoms with Gasteiger partial charge in [0, 0.05) is 24.8 Å². The highest BCUT2D eigenvalue weighted by Gasteiger charge is 2.23. The van der Waals surface area contributed by atoms with Gasteiger partial charge in [-0.1, -0.05) is 30.3 Å². The maximum Gasteiger partial charge on any atom is 0.343 e. The van der Waals surface area contributed by atoms with Gasteiger partial charge in [-0.25, -0.2) is 13.6 Å². The molecule has 29 heavy (non-hydrogen) atoms. The summed E-state index contributed by atoms with van der Waals surface area (Å²) in [5.41, 5.74) is -0.163. The number of nitrogens with zero attached hydrogens (tertiary/aromatic N) is 1. The lowest BCUT2D eigenvalue weighted by molar-refractivity contribution is 0.0524. The molecular formula is C22H22F2N2O3. The van der Waals surface area contributed by atoms with Crippen molar-refractivity contribution in [3.8, 4) is 0 Å². The van der Waals surface area contributed by atoms with E-state index in [9.17, 15) is 18.4 Å². The van der Waals surface area contributed by atoms with Crippen LogP contribution in [0.5, 0.6) is 0 Å². The number of pyridine rings is 1. The normalized spacial score (nSPS) is 11.1. The van der Waals surface area contributed by atoms with E-state index in [2.05, 4.69) is 5.32 Å². The summed E-state index contributed by atoms with van der Waals surface area (Å²) in [7, 11) is 0. The molecule has 1 heterocycles. The van der Waals surface area contributed by atoms with Crippen LogP contribution >= 0.6 is 0 Å². The zero-order valence-electron chi connectivity index (χ0n) is 16.5. The number of esters is 1. The highest BCUT2D eigenvalue weighted by Crippen LogP contribution is 2.29. The van der Waals surface area contributed by atoms with Crippen molar-refractivity contribution in [2.75, 3.05) is 11.9 Å². The summed E-state index contributed by atoms with van der Waals surface area (Å²) in [6.07, 6.45) is 1.34. The number of ether oxygens (including phenoxy) is 1. The number of fused-ring (bicyclic) bond motifs is 1. The molecule has 7 heteroatoms. The van der Waals surface area contributed by atoms with Gasteiger partial charge in [-0.2, -0.15) is 0 Å². The van der Waals surface area contributed by atoms with Crippen LogP contribution in [0.2, 0.25) is 0 Å². The number of hydrogen-bond acceptors (Lipinski definition) is 4. The number of benzene rings is 2. The van der Waals surface area contributed by atoms with Crippen molar-refractivity contribution in [1.29, 1.82) is 0 Å². The molecule has 5 nitrogen and oxygen atoms in total. The monoisotopic (exact) mass is 400 g/mol. The lowest BCUT2D eigenvalue weighted by Crippen LogP contribution is -2.23. The highest BCUT2D eigenvalue weighted by molar-refractivity contribution is 5.98. The van der Waals surface area contributed by atoms with Gasteiger partial charge in [-0.15, -0.1) is 0 Å². The summed E-state index contributed by atoms with van der Waals surface area (Å²) < 4.78 is 35.6. The molecule has 3 aromatic rings. The minimum atomic E-state index is -1.16. The van der Waals surface area contributed by atoms with Gasteiger partial charge in [0.05, 0.1) is 23.2 Å². The van der Waals surface area contributed by atoms with E-state index in [1.807, 2.05) is 44.2 Å². The Morgan fingerprint density at radius 1 is 1.21 bits per heavy atom. The van der Waals surface area contributed by atoms with Crippen LogP contribution in [0.1, 0.15) is 42.7 Å². The largest absolute Gasteiger partial charge is 0.462 e. The number of carbonyl (C=O) groups is 1. The molecule has 0 atom stereocenters. The average Bonchev–Trinajstić information content (AvgIpc) is 2.69. The van der Waals surface area contributed by atoms with Crippen molar-refractivity contribution in [2.24, 2.45) is 0 Å². The molecule has 0 unspecified atom stereocenters. The number of carbonyl (C=O) groups excluding carboxylic acids is 1. The van der Waals surface area contributed by atoms with Crippen LogP contribution in [0.3, 0.4) is 0 Å². The van der Waals surface area contributed by atoms with Gasteiger partial charge in [0.2, 0.25) is 5.43 Å². The summed E-state index contributed by atoms with van der Waals surface area (Å²) in [5.74, 6) is -3.04. The van der Waals surface area contributed by atoms with Crippen molar-refractivity contribution in [2.45, 2.75) is 33.4 Å². The summed E-state index contributed by atoms with van der Waals surface area (Å²) in [6.45, 7) is 5.53. The first-order valence-electron chi connectivity index (χ1n) is 9.36. The molecule has 0 saturated carbocycles. The first-order valence-corrected chi connectivity index (χ1v) is 9.36. The van der Waals surface area contributed by atoms with Gasteiger partial charge < -0.3 is 14.6 Å². The third-order valence-corrected chi connectivity index (χ3v) is 4.58. The van der Waals surface area contributed by atoms with Crippen LogP contribution in [0, 0.1) is 11.6 Å². The first-order chi connectivity index (χ1) is 13.8. The van der Waals surface area contributed by atoms with Crippen LogP contribution in [-0.4, -0.2) is 17.1 Å². The van der Waals surface area contributed by atoms with Gasteiger partial charge in [0.25, 0.3) is 0 Å². The molecule has 152 valence electrons. The molecular weight excluding hydrogens is 378 g/mol. The number of aromatic nitrogens is 1. The first kappa shape index (κ1) is 20.5. The Morgan fingerprint density at radius 2 is 1.90 bits per heavy atom. The molecule has 0 aliphatic rings. The van der Waals surface area contributed by atoms with Gasteiger partial charge in [0.15, 0.2) is 11.6 Å². The highest BCUT2D eigenvalue weighted by atomic mass is 19.2. The van der Waals surface area contributed by atoms with Crippen molar-refractivity contribution in [3.05, 3.63) is 75.6 Å². The minimum Gasteiger partial charge on any atom is -0.462 e. The van der Waals surface area contributed by atoms with Crippen LogP contribution in [0.15, 0.2) is 47.4 Å². The van der Waals surface area contributed by atoms with E-state index in [1.165, 1.54) is 6.20 Å². The molecule has 0 spiro atoms. The maximum absolute atomic E-state index is 14.7. The fraction of sp³-hybridized carbons (Fsp3) is 0.273. The predicted octanol–water partition coefficient (Wildman–Crippen LogP) is 4.65. The number of rotatable bonds is 6. The second-order valence-corrected chi connectivity index (χ2v) is 6.87. The molecule has 1 aromatic heterocycles. The van der Waals surface area contributed by atoms with E-state index in [0.29, 0.717) is 0 Å². The van der Waals surface area contributed by atoms with E-state index in [0.717, 1.165) is 11.6 Å². The second kappa shape index (κ2) is 8.43. The van der Waals surface area contributed by atoms with Crippen molar-refractivity contribution < 1.29 is 18.3 Å². The fourth-order valence-electron chi connectivity index (χ4n) is 3.18. The third-order valence-electron chi connectivity index (χ3n) is 4.58. The molecule has 2 aromatic carbocycles. The summed E-state index contributed by atoms with van der Waals surface area (Å²) in [4.78, 5) is 25.4. The Morgan fingerprint density at radius 3 is 2.52 bits per heavy atom. The Kier molecular flexibility index (Phi) is 5.96. The maximum atomic E-state index is 14.7. The molecule has 0 aliphatic carbocycles. The number of anilines is 1. The zero-order valence-corrected chi connectivity index (χ0v) is 16.5. The number of nitrogens with one attached hydrogen (secondary N) is 1. The lowest BCUT2D eigenvalue weighted by Gasteiger charge is -2.19. The van der Waals surface area contributed by atoms with Gasteiger partial charge in [0.1, 0.15) is 5.56 Å². The quantitative estimate of drug-likeness (QED) is 0.612. The van der Waals surface area contributed by atoms with E-state index < -0.39 is 23.0 Å². The van der Waals surface area contributed by atoms with E-state index in [-0.39, 0.29) is 41.3 Å². The van der Waals surface area contributed by atoms with Crippen LogP contribution in [0.25, 0.3) is 10.9 Å².